The van der Waals surface area contributed by atoms with Gasteiger partial charge in [-0.25, -0.2) is 9.97 Å². The van der Waals surface area contributed by atoms with Crippen LogP contribution in [0.2, 0.25) is 0 Å². The Morgan fingerprint density at radius 2 is 1.78 bits per heavy atom. The van der Waals surface area contributed by atoms with Gasteiger partial charge in [0.25, 0.3) is 5.91 Å². The minimum absolute atomic E-state index is 0. The maximum atomic E-state index is 13.2. The summed E-state index contributed by atoms with van der Waals surface area (Å²) in [5.41, 5.74) is 5.79. The van der Waals surface area contributed by atoms with E-state index in [0.29, 0.717) is 48.7 Å². The largest absolute Gasteiger partial charge is 0.378 e. The monoisotopic (exact) mass is 798 g/mol. The van der Waals surface area contributed by atoms with Gasteiger partial charge in [-0.05, 0) is 73.8 Å². The smallest absolute Gasteiger partial charge is 0.274 e. The SMILES string of the molecule is C=C(CN1CC2(CCNC2)C1)C(=O)N[C@@H]1CCCN(Cc2ccnc(C(=O)Nc3ccc(-c4cc5c(N6CCOCC6)ncnc5[nH]4)cc3)c2)C1.Cl.Cl.Cl. The molecule has 4 aliphatic heterocycles. The highest BCUT2D eigenvalue weighted by Gasteiger charge is 2.44. The number of aromatic amines is 1. The third-order valence-corrected chi connectivity index (χ3v) is 10.7. The summed E-state index contributed by atoms with van der Waals surface area (Å²) < 4.78 is 5.51. The lowest BCUT2D eigenvalue weighted by atomic mass is 9.79. The molecule has 2 amide bonds. The van der Waals surface area contributed by atoms with Crippen LogP contribution in [0.5, 0.6) is 0 Å². The second-order valence-electron chi connectivity index (χ2n) is 14.5. The molecule has 4 fully saturated rings. The summed E-state index contributed by atoms with van der Waals surface area (Å²) in [6.45, 7) is 14.3. The molecule has 4 saturated heterocycles. The number of carbonyl (C=O) groups excluding carboxylic acids is 2. The van der Waals surface area contributed by atoms with Gasteiger partial charge in [0, 0.05) is 87.0 Å². The molecule has 8 rings (SSSR count). The number of H-pyrrole nitrogens is 1. The van der Waals surface area contributed by atoms with Crippen molar-refractivity contribution in [2.24, 2.45) is 5.41 Å². The standard InChI is InChI=1S/C38H46N10O3.3ClH/c1-26(19-47-23-38(24-47)9-11-39-22-38)36(49)44-30-3-2-12-46(21-30)20-27-8-10-40-33(17-27)37(50)43-29-6-4-28(5-7-29)32-18-31-34(45-32)41-25-42-35(31)48-13-15-51-16-14-48;;;/h4-8,10,17-18,25,30,39H,1-3,9,11-16,19-24H2,(H,43,50)(H,44,49)(H,41,42,45);3*1H/t30-;;;/m1.../s1. The molecule has 16 heteroatoms. The number of benzene rings is 1. The molecule has 0 saturated carbocycles. The van der Waals surface area contributed by atoms with Crippen molar-refractivity contribution in [1.29, 1.82) is 0 Å². The predicted molar refractivity (Wildman–Crippen MR) is 218 cm³/mol. The Morgan fingerprint density at radius 1 is 0.981 bits per heavy atom. The Hall–Kier alpha value is -3.82. The fourth-order valence-corrected chi connectivity index (χ4v) is 8.02. The van der Waals surface area contributed by atoms with E-state index in [1.54, 1.807) is 12.5 Å². The van der Waals surface area contributed by atoms with Crippen LogP contribution in [-0.4, -0.2) is 120 Å². The summed E-state index contributed by atoms with van der Waals surface area (Å²) in [6.07, 6.45) is 6.44. The summed E-state index contributed by atoms with van der Waals surface area (Å²) in [4.78, 5) is 49.9. The second-order valence-corrected chi connectivity index (χ2v) is 14.5. The summed E-state index contributed by atoms with van der Waals surface area (Å²) in [5, 5.41) is 10.7. The van der Waals surface area contributed by atoms with E-state index in [4.69, 9.17) is 4.74 Å². The number of morpholine rings is 1. The first kappa shape index (κ1) is 41.3. The Morgan fingerprint density at radius 3 is 2.54 bits per heavy atom. The summed E-state index contributed by atoms with van der Waals surface area (Å²) in [6, 6.07) is 13.7. The van der Waals surface area contributed by atoms with Crippen molar-refractivity contribution >= 4 is 71.6 Å². The van der Waals surface area contributed by atoms with Crippen molar-refractivity contribution in [3.05, 3.63) is 78.4 Å². The third kappa shape index (κ3) is 9.34. The molecule has 7 heterocycles. The van der Waals surface area contributed by atoms with Gasteiger partial charge in [0.05, 0.1) is 18.6 Å². The van der Waals surface area contributed by atoms with Gasteiger partial charge in [-0.3, -0.25) is 24.4 Å². The number of hydrogen-bond acceptors (Lipinski definition) is 10. The van der Waals surface area contributed by atoms with Gasteiger partial charge in [-0.1, -0.05) is 18.7 Å². The molecule has 1 spiro atoms. The molecule has 0 bridgehead atoms. The number of piperidine rings is 1. The van der Waals surface area contributed by atoms with Crippen molar-refractivity contribution < 1.29 is 14.3 Å². The first-order valence-electron chi connectivity index (χ1n) is 18.1. The van der Waals surface area contributed by atoms with Crippen molar-refractivity contribution in [3.8, 4) is 11.3 Å². The number of fused-ring (bicyclic) bond motifs is 1. The van der Waals surface area contributed by atoms with Crippen LogP contribution < -0.4 is 20.9 Å². The van der Waals surface area contributed by atoms with Crippen molar-refractivity contribution in [3.63, 3.8) is 0 Å². The molecule has 0 unspecified atom stereocenters. The predicted octanol–water partition coefficient (Wildman–Crippen LogP) is 4.31. The van der Waals surface area contributed by atoms with Crippen LogP contribution in [0.1, 0.15) is 35.3 Å². The van der Waals surface area contributed by atoms with Gasteiger partial charge in [0.2, 0.25) is 5.91 Å². The van der Waals surface area contributed by atoms with Crippen LogP contribution in [0.15, 0.2) is 67.1 Å². The molecular weight excluding hydrogens is 751 g/mol. The van der Waals surface area contributed by atoms with Crippen molar-refractivity contribution in [2.75, 3.05) is 82.3 Å². The van der Waals surface area contributed by atoms with Gasteiger partial charge < -0.3 is 30.6 Å². The molecule has 54 heavy (non-hydrogen) atoms. The maximum absolute atomic E-state index is 13.2. The second kappa shape index (κ2) is 18.2. The highest BCUT2D eigenvalue weighted by molar-refractivity contribution is 6.03. The van der Waals surface area contributed by atoms with Crippen LogP contribution in [0.25, 0.3) is 22.3 Å². The van der Waals surface area contributed by atoms with E-state index in [1.807, 2.05) is 36.4 Å². The molecule has 4 aromatic rings. The topological polar surface area (TPSA) is 144 Å². The fourth-order valence-electron chi connectivity index (χ4n) is 8.02. The van der Waals surface area contributed by atoms with E-state index in [0.717, 1.165) is 98.9 Å². The maximum Gasteiger partial charge on any atom is 0.274 e. The molecule has 1 atom stereocenters. The van der Waals surface area contributed by atoms with E-state index in [-0.39, 0.29) is 55.1 Å². The van der Waals surface area contributed by atoms with E-state index < -0.39 is 0 Å². The molecule has 3 aromatic heterocycles. The number of amides is 2. The fraction of sp³-hybridized carbons (Fsp3) is 0.447. The molecule has 290 valence electrons. The number of likely N-dealkylation sites (tertiary alicyclic amines) is 2. The number of carbonyl (C=O) groups is 2. The van der Waals surface area contributed by atoms with Crippen LogP contribution in [0.3, 0.4) is 0 Å². The average Bonchev–Trinajstić information content (AvgIpc) is 3.81. The molecule has 0 radical (unpaired) electrons. The zero-order valence-electron chi connectivity index (χ0n) is 30.2. The number of nitrogens with zero attached hydrogens (tertiary/aromatic N) is 6. The quantitative estimate of drug-likeness (QED) is 0.172. The van der Waals surface area contributed by atoms with Gasteiger partial charge in [0.1, 0.15) is 23.5 Å². The van der Waals surface area contributed by atoms with Gasteiger partial charge in [0.15, 0.2) is 0 Å². The van der Waals surface area contributed by atoms with Crippen LogP contribution in [0.4, 0.5) is 11.5 Å². The summed E-state index contributed by atoms with van der Waals surface area (Å²) >= 11 is 0. The zero-order chi connectivity index (χ0) is 34.8. The summed E-state index contributed by atoms with van der Waals surface area (Å²) in [7, 11) is 0. The molecule has 0 aliphatic carbocycles. The molecule has 1 aromatic carbocycles. The lowest BCUT2D eigenvalue weighted by molar-refractivity contribution is -0.119. The number of hydrogen-bond donors (Lipinski definition) is 4. The Balaban J connectivity index is 0.00000187. The van der Waals surface area contributed by atoms with E-state index >= 15 is 0 Å². The van der Waals surface area contributed by atoms with Gasteiger partial charge in [-0.15, -0.1) is 37.2 Å². The van der Waals surface area contributed by atoms with Crippen molar-refractivity contribution in [1.82, 2.24) is 40.4 Å². The minimum atomic E-state index is -0.264. The van der Waals surface area contributed by atoms with E-state index in [1.165, 1.54) is 6.42 Å². The first-order valence-corrected chi connectivity index (χ1v) is 18.1. The van der Waals surface area contributed by atoms with Gasteiger partial charge >= 0.3 is 0 Å². The lowest BCUT2D eigenvalue weighted by Crippen LogP contribution is -2.58. The average molecular weight is 800 g/mol. The van der Waals surface area contributed by atoms with E-state index in [9.17, 15) is 9.59 Å². The highest BCUT2D eigenvalue weighted by atomic mass is 35.5. The number of anilines is 2. The number of rotatable bonds is 10. The molecule has 13 nitrogen and oxygen atoms in total. The van der Waals surface area contributed by atoms with Crippen LogP contribution >= 0.6 is 37.2 Å². The normalized spacial score (nSPS) is 19.6. The summed E-state index contributed by atoms with van der Waals surface area (Å²) in [5.74, 6) is 0.600. The number of pyridine rings is 1. The van der Waals surface area contributed by atoms with Gasteiger partial charge in [-0.2, -0.15) is 0 Å². The number of aromatic nitrogens is 4. The lowest BCUT2D eigenvalue weighted by Gasteiger charge is -2.48. The highest BCUT2D eigenvalue weighted by Crippen LogP contribution is 2.36. The Bertz CT molecular complexity index is 1910. The number of ether oxygens (including phenoxy) is 1. The first-order chi connectivity index (χ1) is 24.9. The van der Waals surface area contributed by atoms with Crippen LogP contribution in [0, 0.1) is 5.41 Å². The molecular formula is C38H49Cl3N10O3. The minimum Gasteiger partial charge on any atom is -0.378 e. The third-order valence-electron chi connectivity index (χ3n) is 10.7. The Kier molecular flexibility index (Phi) is 13.9. The number of nitrogens with one attached hydrogen (secondary N) is 4. The zero-order valence-corrected chi connectivity index (χ0v) is 32.7. The molecule has 4 aliphatic rings. The molecule has 4 N–H and O–H groups in total. The number of halogens is 3. The van der Waals surface area contributed by atoms with Crippen LogP contribution in [-0.2, 0) is 16.1 Å². The van der Waals surface area contributed by atoms with Crippen molar-refractivity contribution in [2.45, 2.75) is 31.8 Å². The Labute approximate surface area is 334 Å². The van der Waals surface area contributed by atoms with E-state index in [2.05, 4.69) is 63.2 Å².